The van der Waals surface area contributed by atoms with Gasteiger partial charge in [-0.3, -0.25) is 4.90 Å². The van der Waals surface area contributed by atoms with Crippen molar-refractivity contribution in [1.29, 1.82) is 0 Å². The van der Waals surface area contributed by atoms with E-state index in [-0.39, 0.29) is 0 Å². The SMILES string of the molecule is CCCNCC1CCCN(Cc2ccccc2Br)C1. The number of nitrogens with one attached hydrogen (secondary N) is 1. The fourth-order valence-corrected chi connectivity index (χ4v) is 3.22. The minimum absolute atomic E-state index is 0.822. The van der Waals surface area contributed by atoms with E-state index in [1.54, 1.807) is 0 Å². The van der Waals surface area contributed by atoms with Gasteiger partial charge in [0.15, 0.2) is 0 Å². The summed E-state index contributed by atoms with van der Waals surface area (Å²) in [4.78, 5) is 2.60. The molecule has 1 unspecified atom stereocenters. The summed E-state index contributed by atoms with van der Waals surface area (Å²) in [7, 11) is 0. The van der Waals surface area contributed by atoms with Crippen LogP contribution in [0.3, 0.4) is 0 Å². The van der Waals surface area contributed by atoms with Gasteiger partial charge in [0, 0.05) is 17.6 Å². The molecule has 0 saturated carbocycles. The van der Waals surface area contributed by atoms with Gasteiger partial charge in [0.05, 0.1) is 0 Å². The molecule has 0 bridgehead atoms. The lowest BCUT2D eigenvalue weighted by molar-refractivity contribution is 0.165. The molecule has 19 heavy (non-hydrogen) atoms. The van der Waals surface area contributed by atoms with Crippen LogP contribution in [0.2, 0.25) is 0 Å². The summed E-state index contributed by atoms with van der Waals surface area (Å²) in [5.74, 6) is 0.822. The average molecular weight is 325 g/mol. The summed E-state index contributed by atoms with van der Waals surface area (Å²) in [5.41, 5.74) is 1.41. The van der Waals surface area contributed by atoms with Crippen LogP contribution in [0.4, 0.5) is 0 Å². The topological polar surface area (TPSA) is 15.3 Å². The maximum atomic E-state index is 3.65. The van der Waals surface area contributed by atoms with Crippen molar-refractivity contribution in [3.63, 3.8) is 0 Å². The third-order valence-corrected chi connectivity index (χ3v) is 4.59. The monoisotopic (exact) mass is 324 g/mol. The Kier molecular flexibility index (Phi) is 6.35. The van der Waals surface area contributed by atoms with Crippen LogP contribution in [-0.4, -0.2) is 31.1 Å². The highest BCUT2D eigenvalue weighted by molar-refractivity contribution is 9.10. The predicted molar refractivity (Wildman–Crippen MR) is 85.3 cm³/mol. The van der Waals surface area contributed by atoms with E-state index in [4.69, 9.17) is 0 Å². The number of hydrogen-bond acceptors (Lipinski definition) is 2. The van der Waals surface area contributed by atoms with E-state index in [2.05, 4.69) is 57.3 Å². The largest absolute Gasteiger partial charge is 0.316 e. The summed E-state index contributed by atoms with van der Waals surface area (Å²) < 4.78 is 1.24. The Balaban J connectivity index is 1.82. The number of hydrogen-bond donors (Lipinski definition) is 1. The predicted octanol–water partition coefficient (Wildman–Crippen LogP) is 3.66. The van der Waals surface area contributed by atoms with Crippen LogP contribution in [0, 0.1) is 5.92 Å². The smallest absolute Gasteiger partial charge is 0.0245 e. The fourth-order valence-electron chi connectivity index (χ4n) is 2.81. The highest BCUT2D eigenvalue weighted by Crippen LogP contribution is 2.22. The number of halogens is 1. The molecule has 2 rings (SSSR count). The second-order valence-electron chi connectivity index (χ2n) is 5.54. The zero-order chi connectivity index (χ0) is 13.5. The molecular formula is C16H25BrN2. The van der Waals surface area contributed by atoms with Gasteiger partial charge in [0.1, 0.15) is 0 Å². The average Bonchev–Trinajstić information content (AvgIpc) is 2.42. The van der Waals surface area contributed by atoms with Crippen molar-refractivity contribution in [3.05, 3.63) is 34.3 Å². The van der Waals surface area contributed by atoms with Gasteiger partial charge in [-0.15, -0.1) is 0 Å². The van der Waals surface area contributed by atoms with Crippen LogP contribution in [0.1, 0.15) is 31.7 Å². The first-order valence-electron chi connectivity index (χ1n) is 7.46. The van der Waals surface area contributed by atoms with E-state index < -0.39 is 0 Å². The van der Waals surface area contributed by atoms with Crippen LogP contribution in [0.5, 0.6) is 0 Å². The normalized spacial score (nSPS) is 20.6. The molecule has 2 nitrogen and oxygen atoms in total. The van der Waals surface area contributed by atoms with E-state index in [0.29, 0.717) is 0 Å². The lowest BCUT2D eigenvalue weighted by Gasteiger charge is -2.33. The first kappa shape index (κ1) is 15.0. The van der Waals surface area contributed by atoms with Crippen LogP contribution >= 0.6 is 15.9 Å². The molecule has 0 aromatic heterocycles. The standard InChI is InChI=1S/C16H25BrN2/c1-2-9-18-11-14-6-5-10-19(12-14)13-15-7-3-4-8-16(15)17/h3-4,7-8,14,18H,2,5-6,9-13H2,1H3. The van der Waals surface area contributed by atoms with E-state index in [1.165, 1.54) is 48.9 Å². The summed E-state index contributed by atoms with van der Waals surface area (Å²) >= 11 is 3.65. The molecule has 1 aliphatic rings. The molecule has 1 saturated heterocycles. The maximum absolute atomic E-state index is 3.65. The number of rotatable bonds is 6. The highest BCUT2D eigenvalue weighted by Gasteiger charge is 2.19. The van der Waals surface area contributed by atoms with Gasteiger partial charge in [-0.1, -0.05) is 41.1 Å². The Morgan fingerprint density at radius 3 is 3.00 bits per heavy atom. The Bertz CT molecular complexity index is 381. The van der Waals surface area contributed by atoms with Crippen molar-refractivity contribution in [1.82, 2.24) is 10.2 Å². The number of likely N-dealkylation sites (tertiary alicyclic amines) is 1. The van der Waals surface area contributed by atoms with Crippen LogP contribution in [-0.2, 0) is 6.54 Å². The quantitative estimate of drug-likeness (QED) is 0.803. The van der Waals surface area contributed by atoms with Gasteiger partial charge in [-0.05, 0) is 56.4 Å². The molecule has 0 aliphatic carbocycles. The first-order chi connectivity index (χ1) is 9.29. The third-order valence-electron chi connectivity index (χ3n) is 3.81. The minimum Gasteiger partial charge on any atom is -0.316 e. The Labute approximate surface area is 125 Å². The van der Waals surface area contributed by atoms with E-state index in [0.717, 1.165) is 19.0 Å². The highest BCUT2D eigenvalue weighted by atomic mass is 79.9. The van der Waals surface area contributed by atoms with Crippen molar-refractivity contribution < 1.29 is 0 Å². The minimum atomic E-state index is 0.822. The van der Waals surface area contributed by atoms with Gasteiger partial charge in [-0.2, -0.15) is 0 Å². The van der Waals surface area contributed by atoms with Crippen molar-refractivity contribution in [2.24, 2.45) is 5.92 Å². The van der Waals surface area contributed by atoms with Gasteiger partial charge in [0.25, 0.3) is 0 Å². The van der Waals surface area contributed by atoms with Crippen molar-refractivity contribution in [3.8, 4) is 0 Å². The summed E-state index contributed by atoms with van der Waals surface area (Å²) in [6, 6.07) is 8.58. The van der Waals surface area contributed by atoms with Crippen LogP contribution < -0.4 is 5.32 Å². The summed E-state index contributed by atoms with van der Waals surface area (Å²) in [5, 5.41) is 3.56. The van der Waals surface area contributed by atoms with Crippen LogP contribution in [0.15, 0.2) is 28.7 Å². The third kappa shape index (κ3) is 4.90. The van der Waals surface area contributed by atoms with E-state index >= 15 is 0 Å². The number of benzene rings is 1. The Hall–Kier alpha value is -0.380. The molecule has 1 heterocycles. The molecule has 1 aromatic rings. The van der Waals surface area contributed by atoms with Gasteiger partial charge in [-0.25, -0.2) is 0 Å². The zero-order valence-electron chi connectivity index (χ0n) is 11.9. The Morgan fingerprint density at radius 1 is 1.37 bits per heavy atom. The summed E-state index contributed by atoms with van der Waals surface area (Å²) in [6.45, 7) is 8.11. The molecule has 3 heteroatoms. The number of piperidine rings is 1. The second kappa shape index (κ2) is 8.03. The summed E-state index contributed by atoms with van der Waals surface area (Å²) in [6.07, 6.45) is 3.94. The second-order valence-corrected chi connectivity index (χ2v) is 6.39. The molecule has 0 radical (unpaired) electrons. The molecule has 0 amide bonds. The van der Waals surface area contributed by atoms with Crippen molar-refractivity contribution in [2.75, 3.05) is 26.2 Å². The van der Waals surface area contributed by atoms with Crippen molar-refractivity contribution >= 4 is 15.9 Å². The molecule has 1 N–H and O–H groups in total. The maximum Gasteiger partial charge on any atom is 0.0245 e. The van der Waals surface area contributed by atoms with Gasteiger partial charge in [0.2, 0.25) is 0 Å². The number of nitrogens with zero attached hydrogens (tertiary/aromatic N) is 1. The van der Waals surface area contributed by atoms with Gasteiger partial charge < -0.3 is 5.32 Å². The molecule has 1 aromatic carbocycles. The molecular weight excluding hydrogens is 300 g/mol. The van der Waals surface area contributed by atoms with E-state index in [1.807, 2.05) is 0 Å². The lowest BCUT2D eigenvalue weighted by Crippen LogP contribution is -2.39. The molecule has 1 aliphatic heterocycles. The Morgan fingerprint density at radius 2 is 2.21 bits per heavy atom. The van der Waals surface area contributed by atoms with Gasteiger partial charge >= 0.3 is 0 Å². The van der Waals surface area contributed by atoms with Crippen molar-refractivity contribution in [2.45, 2.75) is 32.7 Å². The molecule has 106 valence electrons. The molecule has 1 atom stereocenters. The first-order valence-corrected chi connectivity index (χ1v) is 8.25. The molecule has 1 fully saturated rings. The molecule has 0 spiro atoms. The van der Waals surface area contributed by atoms with Crippen LogP contribution in [0.25, 0.3) is 0 Å². The van der Waals surface area contributed by atoms with E-state index in [9.17, 15) is 0 Å². The lowest BCUT2D eigenvalue weighted by atomic mass is 9.97. The fraction of sp³-hybridized carbons (Fsp3) is 0.625. The zero-order valence-corrected chi connectivity index (χ0v) is 13.5.